The lowest BCUT2D eigenvalue weighted by Crippen LogP contribution is -2.06. The molecule has 0 unspecified atom stereocenters. The molecule has 2 aromatic carbocycles. The molecule has 146 valence electrons. The molecule has 8 heteroatoms. The molecule has 0 fully saturated rings. The van der Waals surface area contributed by atoms with Crippen molar-refractivity contribution in [2.75, 3.05) is 13.7 Å². The van der Waals surface area contributed by atoms with Crippen LogP contribution in [0.25, 0.3) is 6.08 Å². The van der Waals surface area contributed by atoms with E-state index in [4.69, 9.17) is 14.2 Å². The first-order valence-electron chi connectivity index (χ1n) is 8.38. The Bertz CT molecular complexity index is 923. The fourth-order valence-corrected chi connectivity index (χ4v) is 2.52. The second-order valence-electron chi connectivity index (χ2n) is 5.58. The number of hydrogen-bond acceptors (Lipinski definition) is 6. The van der Waals surface area contributed by atoms with E-state index < -0.39 is 12.6 Å². The average molecular weight is 389 g/mol. The van der Waals surface area contributed by atoms with Gasteiger partial charge in [-0.1, -0.05) is 6.07 Å². The Labute approximate surface area is 160 Å². The fourth-order valence-electron chi connectivity index (χ4n) is 2.52. The van der Waals surface area contributed by atoms with E-state index >= 15 is 0 Å². The van der Waals surface area contributed by atoms with Gasteiger partial charge in [-0.2, -0.15) is 8.78 Å². The maximum Gasteiger partial charge on any atom is 0.387 e. The van der Waals surface area contributed by atoms with Crippen LogP contribution in [0.2, 0.25) is 0 Å². The molecule has 0 saturated carbocycles. The highest BCUT2D eigenvalue weighted by molar-refractivity contribution is 6.12. The first kappa shape index (κ1) is 19.3. The third-order valence-corrected chi connectivity index (χ3v) is 3.74. The Hall–Kier alpha value is -3.42. The third-order valence-electron chi connectivity index (χ3n) is 3.74. The molecule has 6 nitrogen and oxygen atoms in total. The summed E-state index contributed by atoms with van der Waals surface area (Å²) in [4.78, 5) is 16.3. The van der Waals surface area contributed by atoms with Gasteiger partial charge >= 0.3 is 12.6 Å². The van der Waals surface area contributed by atoms with Crippen LogP contribution in [0.4, 0.5) is 8.78 Å². The largest absolute Gasteiger partial charge is 0.493 e. The van der Waals surface area contributed by atoms with Crippen LogP contribution in [0.3, 0.4) is 0 Å². The Balaban J connectivity index is 1.84. The molecule has 0 spiro atoms. The minimum absolute atomic E-state index is 0.00104. The number of esters is 1. The Morgan fingerprint density at radius 1 is 1.14 bits per heavy atom. The number of halogens is 2. The van der Waals surface area contributed by atoms with E-state index in [1.54, 1.807) is 31.4 Å². The second kappa shape index (κ2) is 8.51. The van der Waals surface area contributed by atoms with Crippen LogP contribution in [0.1, 0.15) is 18.1 Å². The van der Waals surface area contributed by atoms with E-state index in [1.165, 1.54) is 24.3 Å². The van der Waals surface area contributed by atoms with Gasteiger partial charge in [0.05, 0.1) is 13.7 Å². The number of methoxy groups -OCH3 is 1. The molecule has 1 aliphatic rings. The zero-order valence-corrected chi connectivity index (χ0v) is 15.1. The van der Waals surface area contributed by atoms with Crippen molar-refractivity contribution in [2.24, 2.45) is 4.99 Å². The van der Waals surface area contributed by atoms with Crippen molar-refractivity contribution in [2.45, 2.75) is 13.5 Å². The lowest BCUT2D eigenvalue weighted by Gasteiger charge is -2.09. The molecule has 2 aromatic rings. The highest BCUT2D eigenvalue weighted by atomic mass is 19.3. The third kappa shape index (κ3) is 4.46. The predicted octanol–water partition coefficient (Wildman–Crippen LogP) is 4.04. The van der Waals surface area contributed by atoms with E-state index in [-0.39, 0.29) is 17.3 Å². The van der Waals surface area contributed by atoms with E-state index in [0.29, 0.717) is 29.2 Å². The molecule has 0 aromatic heterocycles. The predicted molar refractivity (Wildman–Crippen MR) is 97.8 cm³/mol. The molecule has 1 heterocycles. The minimum atomic E-state index is -2.91. The minimum Gasteiger partial charge on any atom is -0.493 e. The van der Waals surface area contributed by atoms with Crippen LogP contribution in [0.5, 0.6) is 17.2 Å². The number of nitrogens with zero attached hydrogens (tertiary/aromatic N) is 1. The van der Waals surface area contributed by atoms with Crippen LogP contribution < -0.4 is 14.2 Å². The average Bonchev–Trinajstić information content (AvgIpc) is 3.03. The maximum absolute atomic E-state index is 12.2. The lowest BCUT2D eigenvalue weighted by atomic mass is 10.1. The van der Waals surface area contributed by atoms with Crippen molar-refractivity contribution in [3.8, 4) is 17.2 Å². The number of benzene rings is 2. The van der Waals surface area contributed by atoms with Crippen LogP contribution in [0, 0.1) is 0 Å². The lowest BCUT2D eigenvalue weighted by molar-refractivity contribution is -0.129. The van der Waals surface area contributed by atoms with Gasteiger partial charge in [0, 0.05) is 5.56 Å². The summed E-state index contributed by atoms with van der Waals surface area (Å²) in [6.45, 7) is -0.591. The summed E-state index contributed by atoms with van der Waals surface area (Å²) in [6.07, 6.45) is 1.56. The van der Waals surface area contributed by atoms with Crippen molar-refractivity contribution in [1.82, 2.24) is 0 Å². The molecule has 1 aliphatic heterocycles. The smallest absolute Gasteiger partial charge is 0.387 e. The molecule has 0 aliphatic carbocycles. The molecule has 0 bridgehead atoms. The Kier molecular flexibility index (Phi) is 5.88. The highest BCUT2D eigenvalue weighted by Gasteiger charge is 2.24. The number of rotatable bonds is 7. The first-order chi connectivity index (χ1) is 13.5. The summed E-state index contributed by atoms with van der Waals surface area (Å²) in [6, 6.07) is 10.9. The van der Waals surface area contributed by atoms with E-state index in [2.05, 4.69) is 9.73 Å². The SMILES string of the molecule is CCOc1cc(/C=C2\N=C(c3ccc(OC(F)F)cc3)OC2=O)ccc1OC. The summed E-state index contributed by atoms with van der Waals surface area (Å²) < 4.78 is 44.6. The van der Waals surface area contributed by atoms with Crippen molar-refractivity contribution in [3.05, 3.63) is 59.3 Å². The van der Waals surface area contributed by atoms with E-state index in [9.17, 15) is 13.6 Å². The number of aliphatic imine (C=N–C) groups is 1. The molecular weight excluding hydrogens is 372 g/mol. The highest BCUT2D eigenvalue weighted by Crippen LogP contribution is 2.30. The summed E-state index contributed by atoms with van der Waals surface area (Å²) >= 11 is 0. The summed E-state index contributed by atoms with van der Waals surface area (Å²) in [5.41, 5.74) is 1.25. The van der Waals surface area contributed by atoms with Gasteiger partial charge in [-0.15, -0.1) is 0 Å². The number of carbonyl (C=O) groups excluding carboxylic acids is 1. The summed E-state index contributed by atoms with van der Waals surface area (Å²) in [5, 5.41) is 0. The molecule has 0 radical (unpaired) electrons. The fraction of sp³-hybridized carbons (Fsp3) is 0.200. The van der Waals surface area contributed by atoms with Gasteiger partial charge in [0.2, 0.25) is 5.90 Å². The van der Waals surface area contributed by atoms with Gasteiger partial charge < -0.3 is 18.9 Å². The van der Waals surface area contributed by atoms with Crippen molar-refractivity contribution < 1.29 is 32.5 Å². The van der Waals surface area contributed by atoms with Crippen molar-refractivity contribution in [3.63, 3.8) is 0 Å². The number of hydrogen-bond donors (Lipinski definition) is 0. The standard InChI is InChI=1S/C20H17F2NO5/c1-3-26-17-11-12(4-9-16(17)25-2)10-15-19(24)28-18(23-15)13-5-7-14(8-6-13)27-20(21)22/h4-11,20H,3H2,1-2H3/b15-10-. The number of carbonyl (C=O) groups is 1. The molecule has 3 rings (SSSR count). The zero-order chi connectivity index (χ0) is 20.1. The van der Waals surface area contributed by atoms with Crippen LogP contribution in [-0.2, 0) is 9.53 Å². The molecule has 0 amide bonds. The quantitative estimate of drug-likeness (QED) is 0.528. The molecular formula is C20H17F2NO5. The second-order valence-corrected chi connectivity index (χ2v) is 5.58. The summed E-state index contributed by atoms with van der Waals surface area (Å²) in [7, 11) is 1.54. The Morgan fingerprint density at radius 3 is 2.54 bits per heavy atom. The van der Waals surface area contributed by atoms with Gasteiger partial charge in [0.25, 0.3) is 0 Å². The van der Waals surface area contributed by atoms with Gasteiger partial charge in [0.1, 0.15) is 5.75 Å². The molecule has 0 N–H and O–H groups in total. The van der Waals surface area contributed by atoms with E-state index in [1.807, 2.05) is 6.92 Å². The topological polar surface area (TPSA) is 66.3 Å². The van der Waals surface area contributed by atoms with E-state index in [0.717, 1.165) is 0 Å². The summed E-state index contributed by atoms with van der Waals surface area (Å²) in [5.74, 6) is 0.592. The monoisotopic (exact) mass is 389 g/mol. The molecule has 0 saturated heterocycles. The normalized spacial score (nSPS) is 14.8. The van der Waals surface area contributed by atoms with Crippen molar-refractivity contribution in [1.29, 1.82) is 0 Å². The van der Waals surface area contributed by atoms with Crippen LogP contribution in [0.15, 0.2) is 53.2 Å². The van der Waals surface area contributed by atoms with Gasteiger partial charge in [0.15, 0.2) is 17.2 Å². The maximum atomic E-state index is 12.2. The first-order valence-corrected chi connectivity index (χ1v) is 8.38. The molecule has 0 atom stereocenters. The number of alkyl halides is 2. The molecule has 28 heavy (non-hydrogen) atoms. The van der Waals surface area contributed by atoms with Crippen molar-refractivity contribution >= 4 is 17.9 Å². The van der Waals surface area contributed by atoms with Crippen LogP contribution in [-0.4, -0.2) is 32.2 Å². The Morgan fingerprint density at radius 2 is 1.89 bits per heavy atom. The van der Waals surface area contributed by atoms with Crippen LogP contribution >= 0.6 is 0 Å². The number of cyclic esters (lactones) is 1. The zero-order valence-electron chi connectivity index (χ0n) is 15.1. The van der Waals surface area contributed by atoms with Gasteiger partial charge in [-0.25, -0.2) is 9.79 Å². The van der Waals surface area contributed by atoms with Gasteiger partial charge in [-0.3, -0.25) is 0 Å². The number of ether oxygens (including phenoxy) is 4. The van der Waals surface area contributed by atoms with Gasteiger partial charge in [-0.05, 0) is 55.0 Å².